The maximum absolute atomic E-state index is 11.3. The van der Waals surface area contributed by atoms with E-state index in [9.17, 15) is 9.59 Å². The van der Waals surface area contributed by atoms with E-state index in [2.05, 4.69) is 5.32 Å². The van der Waals surface area contributed by atoms with Crippen LogP contribution in [0.5, 0.6) is 0 Å². The van der Waals surface area contributed by atoms with Gasteiger partial charge in [0.15, 0.2) is 0 Å². The number of carbonyl (C=O) groups excluding carboxylic acids is 2. The topological polar surface area (TPSA) is 69.6 Å². The van der Waals surface area contributed by atoms with Gasteiger partial charge in [-0.1, -0.05) is 0 Å². The fraction of sp³-hybridized carbons (Fsp3) is 0.750. The van der Waals surface area contributed by atoms with E-state index in [1.165, 1.54) is 4.90 Å². The molecule has 1 fully saturated rings. The van der Waals surface area contributed by atoms with E-state index in [1.54, 1.807) is 13.8 Å². The lowest BCUT2D eigenvalue weighted by Crippen LogP contribution is -2.58. The van der Waals surface area contributed by atoms with Crippen LogP contribution in [0.25, 0.3) is 0 Å². The number of rotatable bonds is 2. The van der Waals surface area contributed by atoms with Crippen LogP contribution in [0.2, 0.25) is 0 Å². The first-order valence-electron chi connectivity index (χ1n) is 4.27. The highest BCUT2D eigenvalue weighted by atomic mass is 16.3. The second kappa shape index (κ2) is 3.74. The Morgan fingerprint density at radius 1 is 1.69 bits per heavy atom. The smallest absolute Gasteiger partial charge is 0.242 e. The molecule has 1 aliphatic heterocycles. The summed E-state index contributed by atoms with van der Waals surface area (Å²) in [7, 11) is 0. The summed E-state index contributed by atoms with van der Waals surface area (Å²) in [6.07, 6.45) is -0.600. The Bertz CT molecular complexity index is 227. The molecule has 2 amide bonds. The van der Waals surface area contributed by atoms with Crippen molar-refractivity contribution in [2.24, 2.45) is 0 Å². The highest BCUT2D eigenvalue weighted by Gasteiger charge is 2.31. The van der Waals surface area contributed by atoms with Gasteiger partial charge in [0.05, 0.1) is 12.6 Å². The molecule has 13 heavy (non-hydrogen) atoms. The number of amides is 2. The third-order valence-electron chi connectivity index (χ3n) is 2.04. The third-order valence-corrected chi connectivity index (χ3v) is 2.04. The van der Waals surface area contributed by atoms with Crippen molar-refractivity contribution in [3.8, 4) is 0 Å². The molecule has 74 valence electrons. The van der Waals surface area contributed by atoms with Gasteiger partial charge in [0.25, 0.3) is 0 Å². The zero-order chi connectivity index (χ0) is 10.0. The monoisotopic (exact) mass is 186 g/mol. The molecule has 0 aromatic carbocycles. The van der Waals surface area contributed by atoms with Crippen molar-refractivity contribution >= 4 is 11.8 Å². The minimum Gasteiger partial charge on any atom is -0.392 e. The van der Waals surface area contributed by atoms with E-state index in [-0.39, 0.29) is 24.9 Å². The highest BCUT2D eigenvalue weighted by Crippen LogP contribution is 2.05. The molecule has 5 heteroatoms. The van der Waals surface area contributed by atoms with Crippen molar-refractivity contribution in [1.29, 1.82) is 0 Å². The zero-order valence-electron chi connectivity index (χ0n) is 7.78. The predicted octanol–water partition coefficient (Wildman–Crippen LogP) is -1.29. The van der Waals surface area contributed by atoms with Crippen molar-refractivity contribution in [3.05, 3.63) is 0 Å². The summed E-state index contributed by atoms with van der Waals surface area (Å²) < 4.78 is 0. The first-order chi connectivity index (χ1) is 6.02. The van der Waals surface area contributed by atoms with Gasteiger partial charge < -0.3 is 15.3 Å². The van der Waals surface area contributed by atoms with Crippen molar-refractivity contribution in [2.75, 3.05) is 13.1 Å². The fourth-order valence-corrected chi connectivity index (χ4v) is 1.31. The van der Waals surface area contributed by atoms with Gasteiger partial charge in [-0.2, -0.15) is 0 Å². The maximum atomic E-state index is 11.3. The average molecular weight is 186 g/mol. The molecule has 0 bridgehead atoms. The van der Waals surface area contributed by atoms with Crippen molar-refractivity contribution in [2.45, 2.75) is 26.0 Å². The molecule has 2 atom stereocenters. The Kier molecular flexibility index (Phi) is 2.87. The largest absolute Gasteiger partial charge is 0.392 e. The molecule has 0 spiro atoms. The van der Waals surface area contributed by atoms with Crippen LogP contribution >= 0.6 is 0 Å². The summed E-state index contributed by atoms with van der Waals surface area (Å²) in [6, 6.07) is -0.476. The molecule has 2 N–H and O–H groups in total. The first-order valence-corrected chi connectivity index (χ1v) is 4.27. The van der Waals surface area contributed by atoms with E-state index < -0.39 is 12.1 Å². The van der Waals surface area contributed by atoms with Crippen LogP contribution in [0.4, 0.5) is 0 Å². The second-order valence-corrected chi connectivity index (χ2v) is 3.29. The molecule has 1 rings (SSSR count). The number of hydrogen-bond donors (Lipinski definition) is 2. The molecule has 1 heterocycles. The standard InChI is InChI=1S/C8H14N2O3/c1-5(11)4-10-6(2)8(13)9-3-7(10)12/h5-6,11H,3-4H2,1-2H3,(H,9,13). The zero-order valence-corrected chi connectivity index (χ0v) is 7.78. The normalized spacial score (nSPS) is 25.8. The molecule has 2 unspecified atom stereocenters. The number of nitrogens with one attached hydrogen (secondary N) is 1. The molecular formula is C8H14N2O3. The molecule has 0 radical (unpaired) electrons. The predicted molar refractivity (Wildman–Crippen MR) is 45.9 cm³/mol. The lowest BCUT2D eigenvalue weighted by molar-refractivity contribution is -0.146. The highest BCUT2D eigenvalue weighted by molar-refractivity contribution is 5.94. The lowest BCUT2D eigenvalue weighted by atomic mass is 10.2. The van der Waals surface area contributed by atoms with E-state index >= 15 is 0 Å². The van der Waals surface area contributed by atoms with Crippen LogP contribution < -0.4 is 5.32 Å². The first kappa shape index (κ1) is 9.98. The number of hydrogen-bond acceptors (Lipinski definition) is 3. The second-order valence-electron chi connectivity index (χ2n) is 3.29. The fourth-order valence-electron chi connectivity index (χ4n) is 1.31. The summed E-state index contributed by atoms with van der Waals surface area (Å²) in [5.41, 5.74) is 0. The molecule has 0 aromatic heterocycles. The SMILES string of the molecule is CC(O)CN1C(=O)CNC(=O)C1C. The average Bonchev–Trinajstić information content (AvgIpc) is 2.05. The summed E-state index contributed by atoms with van der Waals surface area (Å²) in [6.45, 7) is 3.49. The molecule has 0 aliphatic carbocycles. The number of aliphatic hydroxyl groups is 1. The summed E-state index contributed by atoms with van der Waals surface area (Å²) >= 11 is 0. The van der Waals surface area contributed by atoms with E-state index in [4.69, 9.17) is 5.11 Å². The number of nitrogens with zero attached hydrogens (tertiary/aromatic N) is 1. The van der Waals surface area contributed by atoms with E-state index in [0.29, 0.717) is 0 Å². The van der Waals surface area contributed by atoms with Crippen LogP contribution in [-0.4, -0.2) is 47.1 Å². The van der Waals surface area contributed by atoms with Gasteiger partial charge in [0, 0.05) is 6.54 Å². The number of piperazine rings is 1. The van der Waals surface area contributed by atoms with Crippen LogP contribution in [0.3, 0.4) is 0 Å². The Morgan fingerprint density at radius 3 is 2.85 bits per heavy atom. The van der Waals surface area contributed by atoms with Crippen LogP contribution in [0, 0.1) is 0 Å². The van der Waals surface area contributed by atoms with Crippen LogP contribution in [-0.2, 0) is 9.59 Å². The molecule has 0 saturated carbocycles. The summed E-state index contributed by atoms with van der Waals surface area (Å²) in [4.78, 5) is 23.8. The Morgan fingerprint density at radius 2 is 2.31 bits per heavy atom. The molecule has 5 nitrogen and oxygen atoms in total. The minimum absolute atomic E-state index is 0.0376. The third kappa shape index (κ3) is 2.18. The van der Waals surface area contributed by atoms with Gasteiger partial charge in [-0.05, 0) is 13.8 Å². The number of aliphatic hydroxyl groups excluding tert-OH is 1. The van der Waals surface area contributed by atoms with Gasteiger partial charge in [-0.25, -0.2) is 0 Å². The van der Waals surface area contributed by atoms with Crippen molar-refractivity contribution in [3.63, 3.8) is 0 Å². The lowest BCUT2D eigenvalue weighted by Gasteiger charge is -2.33. The number of carbonyl (C=O) groups is 2. The molecule has 0 aromatic rings. The minimum atomic E-state index is -0.600. The van der Waals surface area contributed by atoms with Crippen LogP contribution in [0.15, 0.2) is 0 Å². The molecular weight excluding hydrogens is 172 g/mol. The van der Waals surface area contributed by atoms with Crippen molar-refractivity contribution in [1.82, 2.24) is 10.2 Å². The summed E-state index contributed by atoms with van der Waals surface area (Å²) in [5.74, 6) is -0.312. The van der Waals surface area contributed by atoms with Gasteiger partial charge in [0.1, 0.15) is 6.04 Å². The molecule has 1 aliphatic rings. The van der Waals surface area contributed by atoms with Crippen molar-refractivity contribution < 1.29 is 14.7 Å². The van der Waals surface area contributed by atoms with Gasteiger partial charge in [-0.3, -0.25) is 9.59 Å². The van der Waals surface area contributed by atoms with E-state index in [1.807, 2.05) is 0 Å². The Labute approximate surface area is 76.7 Å². The van der Waals surface area contributed by atoms with Gasteiger partial charge in [0.2, 0.25) is 11.8 Å². The summed E-state index contributed by atoms with van der Waals surface area (Å²) in [5, 5.41) is 11.6. The van der Waals surface area contributed by atoms with E-state index in [0.717, 1.165) is 0 Å². The quantitative estimate of drug-likeness (QED) is 0.564. The Balaban J connectivity index is 2.66. The maximum Gasteiger partial charge on any atom is 0.242 e. The molecule has 1 saturated heterocycles. The van der Waals surface area contributed by atoms with Gasteiger partial charge >= 0.3 is 0 Å². The number of β-amino-alcohol motifs (C(OH)–C–C–N with tert-alkyl or cyclic N) is 1. The van der Waals surface area contributed by atoms with Gasteiger partial charge in [-0.15, -0.1) is 0 Å². The Hall–Kier alpha value is -1.10. The van der Waals surface area contributed by atoms with Crippen LogP contribution in [0.1, 0.15) is 13.8 Å².